The van der Waals surface area contributed by atoms with Crippen LogP contribution < -0.4 is 14.4 Å². The monoisotopic (exact) mass is 464 g/mol. The molecule has 0 saturated heterocycles. The third kappa shape index (κ3) is 5.33. The zero-order valence-electron chi connectivity index (χ0n) is 16.4. The summed E-state index contributed by atoms with van der Waals surface area (Å²) in [7, 11) is -2.24. The normalized spacial score (nSPS) is 12.2. The number of rotatable bonds is 8. The zero-order valence-corrected chi connectivity index (χ0v) is 18.8. The van der Waals surface area contributed by atoms with Gasteiger partial charge in [0.15, 0.2) is 6.61 Å². The molecule has 3 rings (SSSR count). The Bertz CT molecular complexity index is 1080. The van der Waals surface area contributed by atoms with Gasteiger partial charge in [0.1, 0.15) is 5.75 Å². The number of hydrogen-bond donors (Lipinski definition) is 1. The summed E-state index contributed by atoms with van der Waals surface area (Å²) in [6.45, 7) is 1.78. The van der Waals surface area contributed by atoms with Gasteiger partial charge in [-0.3, -0.25) is 9.10 Å². The maximum Gasteiger partial charge on any atom is 0.264 e. The first-order valence-electron chi connectivity index (χ1n) is 9.07. The molecule has 3 aromatic rings. The second-order valence-corrected chi connectivity index (χ2v) is 9.90. The molecule has 1 amide bonds. The highest BCUT2D eigenvalue weighted by Crippen LogP contribution is 2.25. The molecule has 30 heavy (non-hydrogen) atoms. The van der Waals surface area contributed by atoms with Crippen LogP contribution in [0.15, 0.2) is 70.9 Å². The van der Waals surface area contributed by atoms with Crippen molar-refractivity contribution < 1.29 is 17.9 Å². The molecule has 2 aromatic carbocycles. The molecular formula is C21H21ClN2O4S2. The van der Waals surface area contributed by atoms with Gasteiger partial charge in [-0.25, -0.2) is 8.42 Å². The molecule has 158 valence electrons. The van der Waals surface area contributed by atoms with Gasteiger partial charge in [-0.15, -0.1) is 11.3 Å². The quantitative estimate of drug-likeness (QED) is 0.533. The highest BCUT2D eigenvalue weighted by atomic mass is 35.5. The third-order valence-electron chi connectivity index (χ3n) is 4.39. The number of hydrogen-bond acceptors (Lipinski definition) is 5. The smallest absolute Gasteiger partial charge is 0.264 e. The molecule has 1 unspecified atom stereocenters. The lowest BCUT2D eigenvalue weighted by Crippen LogP contribution is -2.30. The number of anilines is 1. The Balaban J connectivity index is 1.59. The van der Waals surface area contributed by atoms with Crippen LogP contribution in [0.2, 0.25) is 5.02 Å². The largest absolute Gasteiger partial charge is 0.484 e. The van der Waals surface area contributed by atoms with Crippen LogP contribution in [0, 0.1) is 0 Å². The molecule has 0 bridgehead atoms. The van der Waals surface area contributed by atoms with Gasteiger partial charge >= 0.3 is 0 Å². The van der Waals surface area contributed by atoms with Gasteiger partial charge in [-0.1, -0.05) is 17.7 Å². The number of halogens is 1. The summed E-state index contributed by atoms with van der Waals surface area (Å²) in [5.74, 6) is 0.234. The summed E-state index contributed by atoms with van der Waals surface area (Å²) in [4.78, 5) is 13.3. The molecular weight excluding hydrogens is 444 g/mol. The van der Waals surface area contributed by atoms with Crippen LogP contribution in [0.3, 0.4) is 0 Å². The van der Waals surface area contributed by atoms with E-state index in [1.54, 1.807) is 35.6 Å². The Morgan fingerprint density at radius 3 is 2.40 bits per heavy atom. The van der Waals surface area contributed by atoms with Gasteiger partial charge in [0.2, 0.25) is 0 Å². The Kier molecular flexibility index (Phi) is 7.02. The summed E-state index contributed by atoms with van der Waals surface area (Å²) in [5, 5.41) is 5.30. The molecule has 0 aliphatic carbocycles. The fourth-order valence-corrected chi connectivity index (χ4v) is 4.75. The average molecular weight is 465 g/mol. The van der Waals surface area contributed by atoms with E-state index in [-0.39, 0.29) is 23.5 Å². The van der Waals surface area contributed by atoms with Crippen molar-refractivity contribution in [1.82, 2.24) is 5.32 Å². The van der Waals surface area contributed by atoms with E-state index >= 15 is 0 Å². The molecule has 0 radical (unpaired) electrons. The van der Waals surface area contributed by atoms with Gasteiger partial charge in [-0.2, -0.15) is 0 Å². The first-order chi connectivity index (χ1) is 14.3. The molecule has 0 saturated carbocycles. The van der Waals surface area contributed by atoms with E-state index in [9.17, 15) is 13.2 Å². The molecule has 0 aliphatic heterocycles. The SMILES string of the molecule is CC(NC(=O)COc1ccc(N(C)S(=O)(=O)c2ccc(Cl)cc2)cc1)c1cccs1. The number of ether oxygens (including phenoxy) is 1. The van der Waals surface area contributed by atoms with Gasteiger partial charge in [-0.05, 0) is 66.9 Å². The van der Waals surface area contributed by atoms with Gasteiger partial charge < -0.3 is 10.1 Å². The molecule has 1 atom stereocenters. The van der Waals surface area contributed by atoms with Crippen molar-refractivity contribution >= 4 is 44.6 Å². The molecule has 0 spiro atoms. The molecule has 0 aliphatic rings. The fraction of sp³-hybridized carbons (Fsp3) is 0.190. The van der Waals surface area contributed by atoms with Crippen LogP contribution in [0.1, 0.15) is 17.8 Å². The number of thiophene rings is 1. The van der Waals surface area contributed by atoms with Crippen LogP contribution in [0.5, 0.6) is 5.75 Å². The van der Waals surface area contributed by atoms with Crippen LogP contribution in [0.4, 0.5) is 5.69 Å². The van der Waals surface area contributed by atoms with Gasteiger partial charge in [0, 0.05) is 16.9 Å². The zero-order chi connectivity index (χ0) is 21.7. The molecule has 1 aromatic heterocycles. The highest BCUT2D eigenvalue weighted by Gasteiger charge is 2.21. The van der Waals surface area contributed by atoms with E-state index in [0.717, 1.165) is 4.88 Å². The van der Waals surface area contributed by atoms with Crippen molar-refractivity contribution in [2.24, 2.45) is 0 Å². The third-order valence-corrected chi connectivity index (χ3v) is 7.50. The van der Waals surface area contributed by atoms with E-state index in [0.29, 0.717) is 16.5 Å². The van der Waals surface area contributed by atoms with E-state index in [1.165, 1.54) is 35.6 Å². The number of nitrogens with zero attached hydrogens (tertiary/aromatic N) is 1. The maximum atomic E-state index is 12.7. The summed E-state index contributed by atoms with van der Waals surface area (Å²) in [6.07, 6.45) is 0. The Labute approximate surface area is 185 Å². The molecule has 1 heterocycles. The standard InChI is InChI=1S/C21H21ClN2O4S2/c1-15(20-4-3-13-29-20)23-21(25)14-28-18-9-7-17(8-10-18)24(2)30(26,27)19-11-5-16(22)6-12-19/h3-13,15H,14H2,1-2H3,(H,23,25). The predicted molar refractivity (Wildman–Crippen MR) is 120 cm³/mol. The van der Waals surface area contributed by atoms with E-state index in [1.807, 2.05) is 24.4 Å². The fourth-order valence-electron chi connectivity index (χ4n) is 2.70. The van der Waals surface area contributed by atoms with Crippen LogP contribution in [-0.2, 0) is 14.8 Å². The Morgan fingerprint density at radius 1 is 1.13 bits per heavy atom. The van der Waals surface area contributed by atoms with E-state index < -0.39 is 10.0 Å². The second-order valence-electron chi connectivity index (χ2n) is 6.51. The van der Waals surface area contributed by atoms with Gasteiger partial charge in [0.05, 0.1) is 16.6 Å². The maximum absolute atomic E-state index is 12.7. The van der Waals surface area contributed by atoms with Crippen molar-refractivity contribution in [1.29, 1.82) is 0 Å². The Hall–Kier alpha value is -2.55. The summed E-state index contributed by atoms with van der Waals surface area (Å²) < 4.78 is 32.2. The first-order valence-corrected chi connectivity index (χ1v) is 11.8. The molecule has 9 heteroatoms. The Morgan fingerprint density at radius 2 is 1.80 bits per heavy atom. The van der Waals surface area contributed by atoms with Crippen molar-refractivity contribution in [2.45, 2.75) is 17.9 Å². The molecule has 0 fully saturated rings. The predicted octanol–water partition coefficient (Wildman–Crippen LogP) is 4.48. The lowest BCUT2D eigenvalue weighted by atomic mass is 10.3. The lowest BCUT2D eigenvalue weighted by Gasteiger charge is -2.20. The van der Waals surface area contributed by atoms with Crippen molar-refractivity contribution in [3.63, 3.8) is 0 Å². The van der Waals surface area contributed by atoms with Gasteiger partial charge in [0.25, 0.3) is 15.9 Å². The lowest BCUT2D eigenvalue weighted by molar-refractivity contribution is -0.123. The second kappa shape index (κ2) is 9.51. The molecule has 1 N–H and O–H groups in total. The summed E-state index contributed by atoms with van der Waals surface area (Å²) in [5.41, 5.74) is 0.466. The number of sulfonamides is 1. The number of carbonyl (C=O) groups excluding carboxylic acids is 1. The molecule has 6 nitrogen and oxygen atoms in total. The van der Waals surface area contributed by atoms with E-state index in [2.05, 4.69) is 5.32 Å². The minimum atomic E-state index is -3.71. The van der Waals surface area contributed by atoms with Crippen LogP contribution >= 0.6 is 22.9 Å². The minimum absolute atomic E-state index is 0.0878. The number of carbonyl (C=O) groups is 1. The van der Waals surface area contributed by atoms with Crippen LogP contribution in [0.25, 0.3) is 0 Å². The highest BCUT2D eigenvalue weighted by molar-refractivity contribution is 7.92. The first kappa shape index (κ1) is 22.1. The van der Waals surface area contributed by atoms with Crippen molar-refractivity contribution in [3.05, 3.63) is 75.9 Å². The summed E-state index contributed by atoms with van der Waals surface area (Å²) in [6, 6.07) is 16.3. The van der Waals surface area contributed by atoms with E-state index in [4.69, 9.17) is 16.3 Å². The average Bonchev–Trinajstić information content (AvgIpc) is 3.27. The topological polar surface area (TPSA) is 75.7 Å². The van der Waals surface area contributed by atoms with Crippen molar-refractivity contribution in [2.75, 3.05) is 18.0 Å². The minimum Gasteiger partial charge on any atom is -0.484 e. The summed E-state index contributed by atoms with van der Waals surface area (Å²) >= 11 is 7.41. The van der Waals surface area contributed by atoms with Crippen molar-refractivity contribution in [3.8, 4) is 5.75 Å². The number of benzene rings is 2. The number of amides is 1. The van der Waals surface area contributed by atoms with Crippen LogP contribution in [-0.4, -0.2) is 28.0 Å². The number of nitrogens with one attached hydrogen (secondary N) is 1.